The average molecular weight is 355 g/mol. The summed E-state index contributed by atoms with van der Waals surface area (Å²) in [6.45, 7) is 9.04. The Kier molecular flexibility index (Phi) is 4.41. The van der Waals surface area contributed by atoms with E-state index in [9.17, 15) is 0 Å². The molecule has 6 nitrogen and oxygen atoms in total. The zero-order valence-corrected chi connectivity index (χ0v) is 15.9. The predicted molar refractivity (Wildman–Crippen MR) is 100 cm³/mol. The van der Waals surface area contributed by atoms with Crippen molar-refractivity contribution in [1.29, 1.82) is 0 Å². The van der Waals surface area contributed by atoms with Crippen LogP contribution >= 0.6 is 0 Å². The van der Waals surface area contributed by atoms with Crippen LogP contribution < -0.4 is 5.46 Å². The lowest BCUT2D eigenvalue weighted by atomic mass is 9.79. The molecule has 2 aliphatic heterocycles. The predicted octanol–water partition coefficient (Wildman–Crippen LogP) is 2.94. The van der Waals surface area contributed by atoms with Gasteiger partial charge < -0.3 is 14.0 Å². The molecule has 2 aromatic rings. The van der Waals surface area contributed by atoms with Crippen molar-refractivity contribution in [3.8, 4) is 11.3 Å². The van der Waals surface area contributed by atoms with E-state index < -0.39 is 7.12 Å². The number of hydrogen-bond acceptors (Lipinski definition) is 5. The first-order valence-electron chi connectivity index (χ1n) is 9.33. The number of ether oxygens (including phenoxy) is 1. The van der Waals surface area contributed by atoms with E-state index in [4.69, 9.17) is 14.0 Å². The van der Waals surface area contributed by atoms with Crippen molar-refractivity contribution in [3.63, 3.8) is 0 Å². The summed E-state index contributed by atoms with van der Waals surface area (Å²) in [5.41, 5.74) is 2.08. The van der Waals surface area contributed by atoms with Crippen molar-refractivity contribution < 1.29 is 14.0 Å². The fourth-order valence-electron chi connectivity index (χ4n) is 3.29. The molecule has 4 heterocycles. The summed E-state index contributed by atoms with van der Waals surface area (Å²) in [4.78, 5) is 4.51. The molecule has 1 unspecified atom stereocenters. The molecule has 0 aromatic carbocycles. The van der Waals surface area contributed by atoms with Crippen molar-refractivity contribution in [1.82, 2.24) is 14.8 Å². The molecule has 0 N–H and O–H groups in total. The Labute approximate surface area is 155 Å². The minimum atomic E-state index is -0.390. The first-order valence-corrected chi connectivity index (χ1v) is 9.33. The molecule has 0 bridgehead atoms. The van der Waals surface area contributed by atoms with E-state index >= 15 is 0 Å². The van der Waals surface area contributed by atoms with Crippen LogP contribution in [-0.2, 0) is 14.0 Å². The number of pyridine rings is 1. The van der Waals surface area contributed by atoms with E-state index in [0.29, 0.717) is 0 Å². The third kappa shape index (κ3) is 3.19. The van der Waals surface area contributed by atoms with Crippen LogP contribution in [0.3, 0.4) is 0 Å². The van der Waals surface area contributed by atoms with E-state index in [0.717, 1.165) is 36.2 Å². The summed E-state index contributed by atoms with van der Waals surface area (Å²) in [6, 6.07) is 3.96. The Bertz CT molecular complexity index is 768. The Morgan fingerprint density at radius 2 is 1.92 bits per heavy atom. The molecule has 0 aliphatic carbocycles. The molecule has 2 aliphatic rings. The molecular weight excluding hydrogens is 329 g/mol. The lowest BCUT2D eigenvalue weighted by Gasteiger charge is -2.32. The van der Waals surface area contributed by atoms with Gasteiger partial charge in [-0.15, -0.1) is 0 Å². The second kappa shape index (κ2) is 6.48. The molecule has 0 spiro atoms. The maximum atomic E-state index is 6.15. The van der Waals surface area contributed by atoms with Crippen molar-refractivity contribution in [3.05, 3.63) is 30.7 Å². The average Bonchev–Trinajstić information content (AvgIpc) is 3.19. The monoisotopic (exact) mass is 355 g/mol. The van der Waals surface area contributed by atoms with Crippen LogP contribution in [0.4, 0.5) is 0 Å². The van der Waals surface area contributed by atoms with E-state index in [1.165, 1.54) is 6.42 Å². The summed E-state index contributed by atoms with van der Waals surface area (Å²) >= 11 is 0. The van der Waals surface area contributed by atoms with Crippen molar-refractivity contribution >= 4 is 12.6 Å². The molecule has 0 saturated carbocycles. The summed E-state index contributed by atoms with van der Waals surface area (Å²) < 4.78 is 20.0. The highest BCUT2D eigenvalue weighted by molar-refractivity contribution is 6.62. The molecule has 2 aromatic heterocycles. The van der Waals surface area contributed by atoms with Crippen LogP contribution in [0.25, 0.3) is 11.3 Å². The third-order valence-electron chi connectivity index (χ3n) is 5.66. The Morgan fingerprint density at radius 1 is 1.15 bits per heavy atom. The minimum Gasteiger partial charge on any atom is -0.399 e. The Hall–Kier alpha value is -1.70. The van der Waals surface area contributed by atoms with E-state index in [2.05, 4.69) is 37.8 Å². The van der Waals surface area contributed by atoms with Gasteiger partial charge in [-0.3, -0.25) is 4.98 Å². The molecular formula is C19H26BN3O3. The lowest BCUT2D eigenvalue weighted by molar-refractivity contribution is -0.0394. The second-order valence-corrected chi connectivity index (χ2v) is 8.09. The highest BCUT2D eigenvalue weighted by atomic mass is 16.7. The molecule has 4 rings (SSSR count). The van der Waals surface area contributed by atoms with Crippen LogP contribution in [0.15, 0.2) is 30.7 Å². The maximum Gasteiger partial charge on any atom is 0.494 e. The van der Waals surface area contributed by atoms with E-state index in [1.54, 1.807) is 6.20 Å². The molecule has 2 saturated heterocycles. The summed E-state index contributed by atoms with van der Waals surface area (Å²) in [5.74, 6) is 0. The number of nitrogens with zero attached hydrogens (tertiary/aromatic N) is 3. The van der Waals surface area contributed by atoms with Gasteiger partial charge in [-0.25, -0.2) is 4.68 Å². The smallest absolute Gasteiger partial charge is 0.399 e. The zero-order valence-electron chi connectivity index (χ0n) is 15.9. The maximum absolute atomic E-state index is 6.15. The van der Waals surface area contributed by atoms with Crippen molar-refractivity contribution in [2.75, 3.05) is 6.61 Å². The van der Waals surface area contributed by atoms with Gasteiger partial charge in [0.1, 0.15) is 6.23 Å². The Balaban J connectivity index is 1.56. The van der Waals surface area contributed by atoms with Crippen LogP contribution in [0.2, 0.25) is 0 Å². The van der Waals surface area contributed by atoms with Gasteiger partial charge in [0.05, 0.1) is 23.1 Å². The van der Waals surface area contributed by atoms with Crippen LogP contribution in [0.1, 0.15) is 53.2 Å². The molecule has 1 atom stereocenters. The van der Waals surface area contributed by atoms with Crippen molar-refractivity contribution in [2.45, 2.75) is 64.4 Å². The second-order valence-electron chi connectivity index (χ2n) is 8.09. The highest BCUT2D eigenvalue weighted by Gasteiger charge is 2.51. The highest BCUT2D eigenvalue weighted by Crippen LogP contribution is 2.36. The SMILES string of the molecule is CC1(C)OB(c2ccnc(-c3cnn(C4CCCCO4)c3)c2)OC1(C)C. The number of aromatic nitrogens is 3. The molecule has 7 heteroatoms. The lowest BCUT2D eigenvalue weighted by Crippen LogP contribution is -2.41. The molecule has 26 heavy (non-hydrogen) atoms. The zero-order chi connectivity index (χ0) is 18.4. The summed E-state index contributed by atoms with van der Waals surface area (Å²) in [7, 11) is -0.390. The van der Waals surface area contributed by atoms with Gasteiger partial charge in [-0.05, 0) is 64.6 Å². The van der Waals surface area contributed by atoms with Gasteiger partial charge in [0.15, 0.2) is 0 Å². The largest absolute Gasteiger partial charge is 0.494 e. The van der Waals surface area contributed by atoms with Crippen LogP contribution in [-0.4, -0.2) is 39.7 Å². The number of hydrogen-bond donors (Lipinski definition) is 0. The van der Waals surface area contributed by atoms with E-state index in [1.807, 2.05) is 29.2 Å². The van der Waals surface area contributed by atoms with Gasteiger partial charge >= 0.3 is 7.12 Å². The van der Waals surface area contributed by atoms with Gasteiger partial charge in [0.2, 0.25) is 0 Å². The third-order valence-corrected chi connectivity index (χ3v) is 5.66. The van der Waals surface area contributed by atoms with Gasteiger partial charge in [-0.2, -0.15) is 5.10 Å². The molecule has 2 fully saturated rings. The van der Waals surface area contributed by atoms with E-state index in [-0.39, 0.29) is 17.4 Å². The fourth-order valence-corrected chi connectivity index (χ4v) is 3.29. The van der Waals surface area contributed by atoms with Crippen molar-refractivity contribution in [2.24, 2.45) is 0 Å². The first kappa shape index (κ1) is 17.7. The van der Waals surface area contributed by atoms with Gasteiger partial charge in [-0.1, -0.05) is 0 Å². The topological polar surface area (TPSA) is 58.4 Å². The molecule has 0 amide bonds. The standard InChI is InChI=1S/C19H26BN3O3/c1-18(2)19(3,4)26-20(25-18)15-8-9-21-16(11-15)14-12-22-23(13-14)17-7-5-6-10-24-17/h8-9,11-13,17H,5-7,10H2,1-4H3. The molecule has 0 radical (unpaired) electrons. The molecule has 138 valence electrons. The summed E-state index contributed by atoms with van der Waals surface area (Å²) in [6.07, 6.45) is 8.98. The Morgan fingerprint density at radius 3 is 2.62 bits per heavy atom. The first-order chi connectivity index (χ1) is 12.4. The number of rotatable bonds is 3. The van der Waals surface area contributed by atoms with Gasteiger partial charge in [0.25, 0.3) is 0 Å². The summed E-state index contributed by atoms with van der Waals surface area (Å²) in [5, 5.41) is 4.48. The normalized spacial score (nSPS) is 24.8. The fraction of sp³-hybridized carbons (Fsp3) is 0.579. The van der Waals surface area contributed by atoms with Crippen LogP contribution in [0.5, 0.6) is 0 Å². The van der Waals surface area contributed by atoms with Gasteiger partial charge in [0, 0.05) is 24.6 Å². The minimum absolute atomic E-state index is 0.0313. The van der Waals surface area contributed by atoms with Crippen LogP contribution in [0, 0.1) is 0 Å². The quantitative estimate of drug-likeness (QED) is 0.793.